The van der Waals surface area contributed by atoms with E-state index in [2.05, 4.69) is 23.0 Å². The van der Waals surface area contributed by atoms with Gasteiger partial charge in [-0.3, -0.25) is 0 Å². The molecule has 0 saturated heterocycles. The molecule has 2 heteroatoms. The van der Waals surface area contributed by atoms with E-state index < -0.39 is 0 Å². The van der Waals surface area contributed by atoms with Gasteiger partial charge in [-0.05, 0) is 6.92 Å². The summed E-state index contributed by atoms with van der Waals surface area (Å²) < 4.78 is 0. The first kappa shape index (κ1) is 4.89. The lowest BCUT2D eigenvalue weighted by molar-refractivity contribution is 1.00. The molecule has 0 aromatic heterocycles. The van der Waals surface area contributed by atoms with Gasteiger partial charge in [0.1, 0.15) is 5.49 Å². The second-order valence-corrected chi connectivity index (χ2v) is 0.837. The molecule has 0 rings (SSSR count). The molecular formula is C3H6NS. The van der Waals surface area contributed by atoms with Crippen molar-refractivity contribution in [3.8, 4) is 0 Å². The maximum atomic E-state index is 4.29. The van der Waals surface area contributed by atoms with Crippen LogP contribution < -0.4 is 5.32 Å². The highest BCUT2D eigenvalue weighted by Crippen LogP contribution is 1.42. The number of nitrogens with one attached hydrogen (secondary N) is 1. The van der Waals surface area contributed by atoms with Crippen LogP contribution in [-0.4, -0.2) is 12.0 Å². The van der Waals surface area contributed by atoms with Gasteiger partial charge in [0.2, 0.25) is 0 Å². The molecule has 0 aliphatic heterocycles. The Balaban J connectivity index is 2.40. The fraction of sp³-hybridized carbons (Fsp3) is 0.667. The van der Waals surface area contributed by atoms with Gasteiger partial charge >= 0.3 is 0 Å². The van der Waals surface area contributed by atoms with E-state index in [1.165, 1.54) is 0 Å². The topological polar surface area (TPSA) is 12.0 Å². The van der Waals surface area contributed by atoms with Gasteiger partial charge < -0.3 is 5.32 Å². The number of hydrogen-bond acceptors (Lipinski definition) is 1. The van der Waals surface area contributed by atoms with Gasteiger partial charge in [-0.1, -0.05) is 12.2 Å². The van der Waals surface area contributed by atoms with Gasteiger partial charge in [-0.15, -0.1) is 0 Å². The standard InChI is InChI=1S/C3H6NS/c1-2-4-3-5/h2H2,1H3,(H,4,5). The summed E-state index contributed by atoms with van der Waals surface area (Å²) in [6, 6.07) is 0. The molecule has 0 aromatic carbocycles. The average Bonchev–Trinajstić information content (AvgIpc) is 1.41. The van der Waals surface area contributed by atoms with Crippen molar-refractivity contribution in [1.29, 1.82) is 0 Å². The molecule has 0 heterocycles. The zero-order chi connectivity index (χ0) is 4.12. The number of hydrogen-bond donors (Lipinski definition) is 1. The van der Waals surface area contributed by atoms with Crippen molar-refractivity contribution in [2.45, 2.75) is 6.92 Å². The molecule has 0 aliphatic rings. The predicted molar refractivity (Wildman–Crippen MR) is 26.3 cm³/mol. The van der Waals surface area contributed by atoms with E-state index in [9.17, 15) is 0 Å². The molecule has 1 radical (unpaired) electrons. The van der Waals surface area contributed by atoms with Gasteiger partial charge in [-0.2, -0.15) is 0 Å². The molecule has 0 unspecified atom stereocenters. The van der Waals surface area contributed by atoms with E-state index in [1.807, 2.05) is 6.92 Å². The lowest BCUT2D eigenvalue weighted by atomic mass is 10.8. The Hall–Kier alpha value is -0.110. The minimum Gasteiger partial charge on any atom is -0.374 e. The van der Waals surface area contributed by atoms with Gasteiger partial charge in [0.25, 0.3) is 0 Å². The monoisotopic (exact) mass is 88.0 g/mol. The molecule has 1 N–H and O–H groups in total. The summed E-state index contributed by atoms with van der Waals surface area (Å²) in [4.78, 5) is 0. The Labute approximate surface area is 37.4 Å². The summed E-state index contributed by atoms with van der Waals surface area (Å²) in [7, 11) is 0. The van der Waals surface area contributed by atoms with Crippen LogP contribution in [0.15, 0.2) is 0 Å². The second kappa shape index (κ2) is 3.89. The zero-order valence-electron chi connectivity index (χ0n) is 3.12. The summed E-state index contributed by atoms with van der Waals surface area (Å²) in [6.45, 7) is 2.85. The summed E-state index contributed by atoms with van der Waals surface area (Å²) in [5.41, 5.74) is 2.35. The molecule has 0 aliphatic carbocycles. The van der Waals surface area contributed by atoms with Crippen molar-refractivity contribution in [3.05, 3.63) is 0 Å². The van der Waals surface area contributed by atoms with E-state index in [0.717, 1.165) is 6.54 Å². The van der Waals surface area contributed by atoms with Gasteiger partial charge in [0.15, 0.2) is 0 Å². The molecule has 0 amide bonds. The van der Waals surface area contributed by atoms with Crippen LogP contribution in [-0.2, 0) is 0 Å². The first-order valence-corrected chi connectivity index (χ1v) is 1.92. The predicted octanol–water partition coefficient (Wildman–Crippen LogP) is 0.430. The average molecular weight is 88.2 g/mol. The van der Waals surface area contributed by atoms with E-state index in [4.69, 9.17) is 0 Å². The summed E-state index contributed by atoms with van der Waals surface area (Å²) in [5, 5.41) is 2.68. The van der Waals surface area contributed by atoms with E-state index in [1.54, 1.807) is 0 Å². The molecule has 5 heavy (non-hydrogen) atoms. The lowest BCUT2D eigenvalue weighted by Gasteiger charge is -1.79. The molecule has 0 bridgehead atoms. The first-order chi connectivity index (χ1) is 2.41. The minimum absolute atomic E-state index is 0.878. The molecule has 0 spiro atoms. The van der Waals surface area contributed by atoms with E-state index >= 15 is 0 Å². The van der Waals surface area contributed by atoms with Crippen LogP contribution in [0.5, 0.6) is 0 Å². The molecule has 0 atom stereocenters. The van der Waals surface area contributed by atoms with Crippen LogP contribution in [0, 0.1) is 0 Å². The summed E-state index contributed by atoms with van der Waals surface area (Å²) >= 11 is 4.29. The Kier molecular flexibility index (Phi) is 3.80. The Bertz CT molecular complexity index is 28.1. The van der Waals surface area contributed by atoms with Crippen LogP contribution in [0.25, 0.3) is 0 Å². The van der Waals surface area contributed by atoms with Crippen LogP contribution >= 0.6 is 12.2 Å². The molecule has 0 fully saturated rings. The van der Waals surface area contributed by atoms with Gasteiger partial charge in [0, 0.05) is 6.54 Å². The third-order valence-corrected chi connectivity index (χ3v) is 0.393. The van der Waals surface area contributed by atoms with Crippen molar-refractivity contribution < 1.29 is 0 Å². The Morgan fingerprint density at radius 2 is 2.60 bits per heavy atom. The maximum absolute atomic E-state index is 4.29. The van der Waals surface area contributed by atoms with E-state index in [-0.39, 0.29) is 0 Å². The van der Waals surface area contributed by atoms with E-state index in [0.29, 0.717) is 0 Å². The largest absolute Gasteiger partial charge is 0.374 e. The Morgan fingerprint density at radius 3 is 2.60 bits per heavy atom. The van der Waals surface area contributed by atoms with Crippen molar-refractivity contribution in [2.24, 2.45) is 0 Å². The Morgan fingerprint density at radius 1 is 2.00 bits per heavy atom. The normalized spacial score (nSPS) is 6.60. The third-order valence-electron chi connectivity index (χ3n) is 0.249. The zero-order valence-corrected chi connectivity index (χ0v) is 3.93. The SMILES string of the molecule is CCN[C]=S. The second-order valence-electron chi connectivity index (χ2n) is 0.632. The quantitative estimate of drug-likeness (QED) is 0.388. The van der Waals surface area contributed by atoms with Gasteiger partial charge in [0.05, 0.1) is 0 Å². The van der Waals surface area contributed by atoms with Crippen molar-refractivity contribution in [3.63, 3.8) is 0 Å². The fourth-order valence-electron chi connectivity index (χ4n) is 0.0722. The first-order valence-electron chi connectivity index (χ1n) is 1.51. The number of rotatable bonds is 2. The molecule has 29 valence electrons. The summed E-state index contributed by atoms with van der Waals surface area (Å²) in [6.07, 6.45) is 0. The highest BCUT2D eigenvalue weighted by molar-refractivity contribution is 7.78. The smallest absolute Gasteiger partial charge is 0.134 e. The van der Waals surface area contributed by atoms with Crippen LogP contribution in [0.1, 0.15) is 6.92 Å². The molecule has 0 aromatic rings. The molecular weight excluding hydrogens is 82.1 g/mol. The molecule has 0 saturated carbocycles. The number of thiocarbonyl (C=S) groups is 1. The highest BCUT2D eigenvalue weighted by atomic mass is 32.1. The van der Waals surface area contributed by atoms with Gasteiger partial charge in [-0.25, -0.2) is 0 Å². The van der Waals surface area contributed by atoms with Crippen molar-refractivity contribution >= 4 is 17.7 Å². The molecule has 1 nitrogen and oxygen atoms in total. The maximum Gasteiger partial charge on any atom is 0.134 e. The van der Waals surface area contributed by atoms with Crippen LogP contribution in [0.2, 0.25) is 0 Å². The summed E-state index contributed by atoms with van der Waals surface area (Å²) in [5.74, 6) is 0. The highest BCUT2D eigenvalue weighted by Gasteiger charge is 1.57. The van der Waals surface area contributed by atoms with Crippen molar-refractivity contribution in [1.82, 2.24) is 5.32 Å². The third kappa shape index (κ3) is 3.89. The fourth-order valence-corrected chi connectivity index (χ4v) is 0.217. The van der Waals surface area contributed by atoms with Crippen LogP contribution in [0.4, 0.5) is 0 Å². The van der Waals surface area contributed by atoms with Crippen molar-refractivity contribution in [2.75, 3.05) is 6.54 Å². The lowest BCUT2D eigenvalue weighted by Crippen LogP contribution is -2.05. The minimum atomic E-state index is 0.878. The van der Waals surface area contributed by atoms with Crippen LogP contribution in [0.3, 0.4) is 0 Å².